The number of benzene rings is 4. The first-order valence-corrected chi connectivity index (χ1v) is 9.86. The summed E-state index contributed by atoms with van der Waals surface area (Å²) >= 11 is 5.97. The fraction of sp³-hybridized carbons (Fsp3) is 0.111. The quantitative estimate of drug-likeness (QED) is 0.326. The maximum Gasteiger partial charge on any atom is 0.0406 e. The molecule has 0 N–H and O–H groups in total. The number of halogens is 1. The van der Waals surface area contributed by atoms with Gasteiger partial charge in [-0.15, -0.1) is 0 Å². The molecule has 0 radical (unpaired) electrons. The monoisotopic (exact) mass is 384 g/mol. The summed E-state index contributed by atoms with van der Waals surface area (Å²) in [5.41, 5.74) is 8.91. The Bertz CT molecular complexity index is 1030. The molecule has 140 valence electrons. The fourth-order valence-electron chi connectivity index (χ4n) is 3.14. The zero-order chi connectivity index (χ0) is 19.9. The van der Waals surface area contributed by atoms with Crippen molar-refractivity contribution in [2.45, 2.75) is 20.8 Å². The van der Waals surface area contributed by atoms with Gasteiger partial charge in [-0.25, -0.2) is 0 Å². The Balaban J connectivity index is 0.000000271. The van der Waals surface area contributed by atoms with Crippen LogP contribution in [0.15, 0.2) is 97.1 Å². The average molecular weight is 385 g/mol. The Labute approximate surface area is 173 Å². The maximum atomic E-state index is 5.97. The SMILES string of the molecule is Cc1ccccc1.Cc1ccccc1-c1cc(-c2ccc(Cl)cc2)ccc1C. The summed E-state index contributed by atoms with van der Waals surface area (Å²) in [5, 5.41) is 0.769. The van der Waals surface area contributed by atoms with Gasteiger partial charge in [-0.2, -0.15) is 0 Å². The Morgan fingerprint density at radius 3 is 1.68 bits per heavy atom. The highest BCUT2D eigenvalue weighted by molar-refractivity contribution is 6.30. The van der Waals surface area contributed by atoms with Crippen molar-refractivity contribution in [1.29, 1.82) is 0 Å². The van der Waals surface area contributed by atoms with Gasteiger partial charge in [-0.05, 0) is 72.4 Å². The first-order valence-electron chi connectivity index (χ1n) is 9.49. The van der Waals surface area contributed by atoms with E-state index in [1.165, 1.54) is 38.9 Å². The Morgan fingerprint density at radius 1 is 0.500 bits per heavy atom. The molecule has 0 aliphatic rings. The molecular weight excluding hydrogens is 360 g/mol. The van der Waals surface area contributed by atoms with Gasteiger partial charge in [0.05, 0.1) is 0 Å². The van der Waals surface area contributed by atoms with Gasteiger partial charge in [0.2, 0.25) is 0 Å². The molecule has 0 aliphatic carbocycles. The van der Waals surface area contributed by atoms with Gasteiger partial charge in [0.15, 0.2) is 0 Å². The summed E-state index contributed by atoms with van der Waals surface area (Å²) in [4.78, 5) is 0. The second kappa shape index (κ2) is 9.39. The Kier molecular flexibility index (Phi) is 6.68. The van der Waals surface area contributed by atoms with E-state index in [-0.39, 0.29) is 0 Å². The highest BCUT2D eigenvalue weighted by Gasteiger charge is 2.07. The topological polar surface area (TPSA) is 0 Å². The van der Waals surface area contributed by atoms with Crippen molar-refractivity contribution in [3.05, 3.63) is 119 Å². The van der Waals surface area contributed by atoms with Crippen LogP contribution in [0.25, 0.3) is 22.3 Å². The smallest absolute Gasteiger partial charge is 0.0406 e. The van der Waals surface area contributed by atoms with Gasteiger partial charge in [0.1, 0.15) is 0 Å². The number of hydrogen-bond donors (Lipinski definition) is 0. The average Bonchev–Trinajstić information content (AvgIpc) is 2.71. The number of aryl methyl sites for hydroxylation is 3. The lowest BCUT2D eigenvalue weighted by Crippen LogP contribution is -1.88. The zero-order valence-corrected chi connectivity index (χ0v) is 17.4. The molecule has 0 fully saturated rings. The van der Waals surface area contributed by atoms with E-state index in [9.17, 15) is 0 Å². The van der Waals surface area contributed by atoms with Crippen LogP contribution in [0.3, 0.4) is 0 Å². The third-order valence-corrected chi connectivity index (χ3v) is 5.04. The minimum Gasteiger partial charge on any atom is -0.0843 e. The van der Waals surface area contributed by atoms with Crippen LogP contribution in [-0.2, 0) is 0 Å². The lowest BCUT2D eigenvalue weighted by Gasteiger charge is -2.12. The molecule has 4 aromatic carbocycles. The molecule has 1 heteroatoms. The van der Waals surface area contributed by atoms with E-state index in [1.54, 1.807) is 0 Å². The van der Waals surface area contributed by atoms with Crippen LogP contribution in [0.5, 0.6) is 0 Å². The largest absolute Gasteiger partial charge is 0.0843 e. The first kappa shape index (κ1) is 19.9. The molecule has 0 heterocycles. The predicted octanol–water partition coefficient (Wildman–Crippen LogP) is 8.29. The van der Waals surface area contributed by atoms with Crippen LogP contribution >= 0.6 is 11.6 Å². The molecule has 0 saturated heterocycles. The highest BCUT2D eigenvalue weighted by atomic mass is 35.5. The minimum atomic E-state index is 0.769. The van der Waals surface area contributed by atoms with E-state index in [2.05, 4.69) is 87.5 Å². The van der Waals surface area contributed by atoms with Gasteiger partial charge < -0.3 is 0 Å². The molecule has 4 aromatic rings. The molecule has 0 bridgehead atoms. The normalized spacial score (nSPS) is 10.1. The lowest BCUT2D eigenvalue weighted by molar-refractivity contribution is 1.41. The van der Waals surface area contributed by atoms with Crippen LogP contribution < -0.4 is 0 Å². The van der Waals surface area contributed by atoms with E-state index in [0.717, 1.165) is 5.02 Å². The van der Waals surface area contributed by atoms with Crippen molar-refractivity contribution in [2.24, 2.45) is 0 Å². The second-order valence-electron chi connectivity index (χ2n) is 7.01. The summed E-state index contributed by atoms with van der Waals surface area (Å²) in [5.74, 6) is 0. The Morgan fingerprint density at radius 2 is 1.07 bits per heavy atom. The summed E-state index contributed by atoms with van der Waals surface area (Å²) < 4.78 is 0. The molecule has 0 atom stereocenters. The molecule has 0 spiro atoms. The standard InChI is InChI=1S/C20H17Cl.C7H8/c1-14-5-3-4-6-19(14)20-13-17(8-7-15(20)2)16-9-11-18(21)12-10-16;1-7-5-3-2-4-6-7/h3-13H,1-2H3;2-6H,1H3. The molecule has 0 aliphatic heterocycles. The van der Waals surface area contributed by atoms with Crippen LogP contribution in [0.1, 0.15) is 16.7 Å². The third-order valence-electron chi connectivity index (χ3n) is 4.79. The molecule has 0 aromatic heterocycles. The van der Waals surface area contributed by atoms with Crippen molar-refractivity contribution >= 4 is 11.6 Å². The molecule has 0 nitrogen and oxygen atoms in total. The minimum absolute atomic E-state index is 0.769. The van der Waals surface area contributed by atoms with Gasteiger partial charge in [-0.3, -0.25) is 0 Å². The van der Waals surface area contributed by atoms with Crippen molar-refractivity contribution in [2.75, 3.05) is 0 Å². The van der Waals surface area contributed by atoms with Crippen molar-refractivity contribution in [1.82, 2.24) is 0 Å². The van der Waals surface area contributed by atoms with Gasteiger partial charge in [-0.1, -0.05) is 96.0 Å². The summed E-state index contributed by atoms with van der Waals surface area (Å²) in [6.07, 6.45) is 0. The van der Waals surface area contributed by atoms with Crippen LogP contribution in [0, 0.1) is 20.8 Å². The third kappa shape index (κ3) is 5.12. The van der Waals surface area contributed by atoms with Crippen LogP contribution in [0.2, 0.25) is 5.02 Å². The number of hydrogen-bond acceptors (Lipinski definition) is 0. The summed E-state index contributed by atoms with van der Waals surface area (Å²) in [7, 11) is 0. The molecule has 0 unspecified atom stereocenters. The van der Waals surface area contributed by atoms with Gasteiger partial charge in [0, 0.05) is 5.02 Å². The molecular formula is C27H25Cl. The summed E-state index contributed by atoms with van der Waals surface area (Å²) in [6.45, 7) is 6.40. The predicted molar refractivity (Wildman–Crippen MR) is 123 cm³/mol. The van der Waals surface area contributed by atoms with E-state index >= 15 is 0 Å². The number of rotatable bonds is 2. The van der Waals surface area contributed by atoms with Crippen LogP contribution in [0.4, 0.5) is 0 Å². The highest BCUT2D eigenvalue weighted by Crippen LogP contribution is 2.31. The van der Waals surface area contributed by atoms with Gasteiger partial charge >= 0.3 is 0 Å². The molecule has 28 heavy (non-hydrogen) atoms. The molecule has 0 saturated carbocycles. The maximum absolute atomic E-state index is 5.97. The fourth-order valence-corrected chi connectivity index (χ4v) is 3.27. The van der Waals surface area contributed by atoms with E-state index in [0.29, 0.717) is 0 Å². The first-order chi connectivity index (χ1) is 13.5. The lowest BCUT2D eigenvalue weighted by atomic mass is 9.93. The summed E-state index contributed by atoms with van der Waals surface area (Å²) in [6, 6.07) is 33.4. The van der Waals surface area contributed by atoms with E-state index in [1.807, 2.05) is 30.3 Å². The van der Waals surface area contributed by atoms with Crippen LogP contribution in [-0.4, -0.2) is 0 Å². The van der Waals surface area contributed by atoms with Crippen molar-refractivity contribution in [3.8, 4) is 22.3 Å². The second-order valence-corrected chi connectivity index (χ2v) is 7.44. The van der Waals surface area contributed by atoms with Gasteiger partial charge in [0.25, 0.3) is 0 Å². The van der Waals surface area contributed by atoms with Crippen molar-refractivity contribution in [3.63, 3.8) is 0 Å². The zero-order valence-electron chi connectivity index (χ0n) is 16.6. The molecule has 4 rings (SSSR count). The van der Waals surface area contributed by atoms with E-state index < -0.39 is 0 Å². The Hall–Kier alpha value is -2.83. The van der Waals surface area contributed by atoms with E-state index in [4.69, 9.17) is 11.6 Å². The molecule has 0 amide bonds. The van der Waals surface area contributed by atoms with Crippen molar-refractivity contribution < 1.29 is 0 Å².